The Hall–Kier alpha value is -2.98. The van der Waals surface area contributed by atoms with Gasteiger partial charge in [0, 0.05) is 35.5 Å². The number of sulfonamides is 1. The fourth-order valence-electron chi connectivity index (χ4n) is 3.72. The fraction of sp³-hybridized carbons (Fsp3) is 0.318. The number of hydrogen-bond acceptors (Lipinski definition) is 7. The Morgan fingerprint density at radius 3 is 2.75 bits per heavy atom. The topological polar surface area (TPSA) is 104 Å². The van der Waals surface area contributed by atoms with Gasteiger partial charge < -0.3 is 10.2 Å². The Labute approximate surface area is 191 Å². The van der Waals surface area contributed by atoms with Crippen LogP contribution in [-0.2, 0) is 27.7 Å². The summed E-state index contributed by atoms with van der Waals surface area (Å²) in [6.45, 7) is 4.66. The van der Waals surface area contributed by atoms with E-state index in [0.717, 1.165) is 51.6 Å². The molecule has 1 aromatic heterocycles. The molecule has 2 aromatic carbocycles. The molecule has 0 bridgehead atoms. The number of nitrogens with zero attached hydrogens (tertiary/aromatic N) is 3. The number of fused-ring (bicyclic) bond motifs is 1. The van der Waals surface area contributed by atoms with Crippen molar-refractivity contribution in [2.75, 3.05) is 34.3 Å². The summed E-state index contributed by atoms with van der Waals surface area (Å²) in [6.07, 6.45) is 2.52. The lowest BCUT2D eigenvalue weighted by atomic mass is 10.1. The number of amides is 1. The zero-order valence-corrected chi connectivity index (χ0v) is 19.8. The van der Waals surface area contributed by atoms with E-state index in [4.69, 9.17) is 0 Å². The molecule has 0 saturated heterocycles. The van der Waals surface area contributed by atoms with Crippen molar-refractivity contribution >= 4 is 44.5 Å². The molecule has 4 rings (SSSR count). The zero-order valence-electron chi connectivity index (χ0n) is 18.2. The highest BCUT2D eigenvalue weighted by Crippen LogP contribution is 2.34. The second-order valence-corrected chi connectivity index (χ2v) is 10.2. The number of benzene rings is 2. The van der Waals surface area contributed by atoms with Gasteiger partial charge in [-0.25, -0.2) is 13.4 Å². The number of carbonyl (C=O) groups is 1. The number of anilines is 3. The van der Waals surface area contributed by atoms with Crippen LogP contribution in [-0.4, -0.2) is 43.0 Å². The smallest absolute Gasteiger partial charge is 0.246 e. The number of hydrogen-bond donors (Lipinski definition) is 2. The highest BCUT2D eigenvalue weighted by atomic mass is 32.2. The molecule has 0 saturated carbocycles. The van der Waals surface area contributed by atoms with Crippen LogP contribution in [0.3, 0.4) is 0 Å². The first-order valence-corrected chi connectivity index (χ1v) is 13.0. The van der Waals surface area contributed by atoms with Gasteiger partial charge in [-0.2, -0.15) is 4.37 Å². The number of nitrogens with one attached hydrogen (secondary N) is 2. The lowest BCUT2D eigenvalue weighted by Crippen LogP contribution is -2.34. The third kappa shape index (κ3) is 4.76. The minimum absolute atomic E-state index is 0.0748. The summed E-state index contributed by atoms with van der Waals surface area (Å²) in [5, 5.41) is 4.11. The van der Waals surface area contributed by atoms with Gasteiger partial charge in [0.25, 0.3) is 0 Å². The third-order valence-electron chi connectivity index (χ3n) is 5.32. The molecule has 1 aliphatic rings. The first-order valence-electron chi connectivity index (χ1n) is 10.3. The molecule has 1 amide bonds. The van der Waals surface area contributed by atoms with Crippen LogP contribution in [0.5, 0.6) is 0 Å². The zero-order chi connectivity index (χ0) is 22.9. The summed E-state index contributed by atoms with van der Waals surface area (Å²) in [6, 6.07) is 11.3. The summed E-state index contributed by atoms with van der Waals surface area (Å²) < 4.78 is 30.2. The molecule has 1 aliphatic heterocycles. The van der Waals surface area contributed by atoms with E-state index in [1.165, 1.54) is 11.5 Å². The number of aryl methyl sites for hydroxylation is 2. The summed E-state index contributed by atoms with van der Waals surface area (Å²) in [5.41, 5.74) is 4.98. The Morgan fingerprint density at radius 1 is 1.22 bits per heavy atom. The van der Waals surface area contributed by atoms with Crippen molar-refractivity contribution in [2.45, 2.75) is 26.7 Å². The van der Waals surface area contributed by atoms with Crippen molar-refractivity contribution in [2.24, 2.45) is 0 Å². The molecule has 168 valence electrons. The molecule has 10 heteroatoms. The van der Waals surface area contributed by atoms with E-state index < -0.39 is 10.0 Å². The van der Waals surface area contributed by atoms with Gasteiger partial charge in [-0.15, -0.1) is 0 Å². The Balaban J connectivity index is 1.49. The molecule has 0 fully saturated rings. The van der Waals surface area contributed by atoms with Gasteiger partial charge in [0.2, 0.25) is 15.9 Å². The lowest BCUT2D eigenvalue weighted by Gasteiger charge is -2.19. The van der Waals surface area contributed by atoms with Crippen molar-refractivity contribution in [3.63, 3.8) is 0 Å². The van der Waals surface area contributed by atoms with Gasteiger partial charge in [-0.3, -0.25) is 9.52 Å². The van der Waals surface area contributed by atoms with Crippen molar-refractivity contribution in [1.29, 1.82) is 0 Å². The van der Waals surface area contributed by atoms with E-state index in [9.17, 15) is 13.2 Å². The maximum atomic E-state index is 13.0. The molecule has 0 unspecified atom stereocenters. The molecule has 2 N–H and O–H groups in total. The van der Waals surface area contributed by atoms with Crippen molar-refractivity contribution < 1.29 is 13.2 Å². The van der Waals surface area contributed by atoms with Gasteiger partial charge in [0.15, 0.2) is 0 Å². The second-order valence-electron chi connectivity index (χ2n) is 7.73. The van der Waals surface area contributed by atoms with Gasteiger partial charge >= 0.3 is 0 Å². The standard InChI is InChI=1S/C22H25N5O3S2/c1-4-20-24-22(31-25-20)15-9-8-14(2)18(12-15)23-13-21(28)27-11-10-16-17(26-32(3,29)30)6-5-7-19(16)27/h5-9,12,23,26H,4,10-11,13H2,1-3H3. The molecular weight excluding hydrogens is 446 g/mol. The van der Waals surface area contributed by atoms with E-state index in [0.29, 0.717) is 18.7 Å². The Kier molecular flexibility index (Phi) is 6.16. The highest BCUT2D eigenvalue weighted by Gasteiger charge is 2.27. The third-order valence-corrected chi connectivity index (χ3v) is 6.72. The van der Waals surface area contributed by atoms with Crippen LogP contribution in [0.4, 0.5) is 17.1 Å². The van der Waals surface area contributed by atoms with Crippen LogP contribution in [0.1, 0.15) is 23.9 Å². The number of carbonyl (C=O) groups excluding carboxylic acids is 1. The van der Waals surface area contributed by atoms with Crippen molar-refractivity contribution in [3.05, 3.63) is 53.3 Å². The molecule has 0 atom stereocenters. The normalized spacial score (nSPS) is 13.2. The molecule has 0 radical (unpaired) electrons. The van der Waals surface area contributed by atoms with Gasteiger partial charge in [0.05, 0.1) is 18.5 Å². The molecular formula is C22H25N5O3S2. The predicted octanol–water partition coefficient (Wildman–Crippen LogP) is 3.45. The van der Waals surface area contributed by atoms with E-state index in [-0.39, 0.29) is 12.5 Å². The van der Waals surface area contributed by atoms with E-state index in [1.54, 1.807) is 17.0 Å². The quantitative estimate of drug-likeness (QED) is 0.547. The van der Waals surface area contributed by atoms with Crippen LogP contribution in [0, 0.1) is 6.92 Å². The SMILES string of the molecule is CCc1nsc(-c2ccc(C)c(NCC(=O)N3CCc4c(NS(C)(=O)=O)cccc43)c2)n1. The van der Waals surface area contributed by atoms with Gasteiger partial charge in [-0.05, 0) is 48.6 Å². The average molecular weight is 472 g/mol. The Morgan fingerprint density at radius 2 is 2.03 bits per heavy atom. The maximum Gasteiger partial charge on any atom is 0.246 e. The summed E-state index contributed by atoms with van der Waals surface area (Å²) in [7, 11) is -3.39. The predicted molar refractivity (Wildman–Crippen MR) is 129 cm³/mol. The first-order chi connectivity index (χ1) is 15.2. The lowest BCUT2D eigenvalue weighted by molar-refractivity contribution is -0.116. The van der Waals surface area contributed by atoms with Crippen LogP contribution >= 0.6 is 11.5 Å². The largest absolute Gasteiger partial charge is 0.376 e. The minimum Gasteiger partial charge on any atom is -0.376 e. The molecule has 0 aliphatic carbocycles. The molecule has 3 aromatic rings. The Bertz CT molecular complexity index is 1270. The second kappa shape index (κ2) is 8.87. The maximum absolute atomic E-state index is 13.0. The van der Waals surface area contributed by atoms with Crippen LogP contribution in [0.15, 0.2) is 36.4 Å². The number of aromatic nitrogens is 2. The molecule has 8 nitrogen and oxygen atoms in total. The minimum atomic E-state index is -3.39. The summed E-state index contributed by atoms with van der Waals surface area (Å²) in [5.74, 6) is 0.752. The fourth-order valence-corrected chi connectivity index (χ4v) is 5.05. The molecule has 0 spiro atoms. The van der Waals surface area contributed by atoms with E-state index >= 15 is 0 Å². The number of rotatable bonds is 7. The van der Waals surface area contributed by atoms with Gasteiger partial charge in [-0.1, -0.05) is 25.1 Å². The van der Waals surface area contributed by atoms with Crippen LogP contribution in [0.2, 0.25) is 0 Å². The van der Waals surface area contributed by atoms with Crippen molar-refractivity contribution in [1.82, 2.24) is 9.36 Å². The molecule has 2 heterocycles. The summed E-state index contributed by atoms with van der Waals surface area (Å²) in [4.78, 5) is 19.2. The first kappa shape index (κ1) is 22.2. The highest BCUT2D eigenvalue weighted by molar-refractivity contribution is 7.92. The van der Waals surface area contributed by atoms with Gasteiger partial charge in [0.1, 0.15) is 10.8 Å². The van der Waals surface area contributed by atoms with E-state index in [1.807, 2.05) is 38.1 Å². The monoisotopic (exact) mass is 471 g/mol. The van der Waals surface area contributed by atoms with Crippen molar-refractivity contribution in [3.8, 4) is 10.6 Å². The van der Waals surface area contributed by atoms with Crippen LogP contribution in [0.25, 0.3) is 10.6 Å². The summed E-state index contributed by atoms with van der Waals surface area (Å²) >= 11 is 1.37. The van der Waals surface area contributed by atoms with Crippen LogP contribution < -0.4 is 14.9 Å². The van der Waals surface area contributed by atoms with E-state index in [2.05, 4.69) is 19.4 Å². The molecule has 32 heavy (non-hydrogen) atoms. The average Bonchev–Trinajstić information content (AvgIpc) is 3.39.